The van der Waals surface area contributed by atoms with Gasteiger partial charge in [0.1, 0.15) is 5.75 Å². The van der Waals surface area contributed by atoms with Crippen molar-refractivity contribution in [1.82, 2.24) is 10.2 Å². The fourth-order valence-corrected chi connectivity index (χ4v) is 5.03. The van der Waals surface area contributed by atoms with Gasteiger partial charge in [0.2, 0.25) is 5.91 Å². The summed E-state index contributed by atoms with van der Waals surface area (Å²) in [5.41, 5.74) is 9.81. The Morgan fingerprint density at radius 3 is 2.50 bits per heavy atom. The molecule has 4 N–H and O–H groups in total. The minimum absolute atomic E-state index is 0.0669. The van der Waals surface area contributed by atoms with Crippen molar-refractivity contribution in [2.45, 2.75) is 18.6 Å². The Balaban J connectivity index is 1.26. The summed E-state index contributed by atoms with van der Waals surface area (Å²) in [4.78, 5) is 32.6. The van der Waals surface area contributed by atoms with E-state index in [0.717, 1.165) is 37.4 Å². The molecule has 2 aliphatic heterocycles. The largest absolute Gasteiger partial charge is 0.427 e. The van der Waals surface area contributed by atoms with E-state index in [1.165, 1.54) is 12.6 Å². The summed E-state index contributed by atoms with van der Waals surface area (Å²) in [6.07, 6.45) is 2.18. The van der Waals surface area contributed by atoms with Crippen molar-refractivity contribution in [1.29, 1.82) is 0 Å². The fourth-order valence-electron chi connectivity index (χ4n) is 3.98. The summed E-state index contributed by atoms with van der Waals surface area (Å²) in [6.45, 7) is 5.53. The molecule has 2 aliphatic rings. The zero-order valence-corrected chi connectivity index (χ0v) is 21.4. The molecule has 1 unspecified atom stereocenters. The molecular formula is C26H32N6O3S. The SMILES string of the molecule is CC(=O)Oc1ccc(CC2SC/C(=C\N=C(N)Nc3ccc(N4CCN(C)CC4)cc3)NC2=O)cc1. The Bertz CT molecular complexity index is 1130. The van der Waals surface area contributed by atoms with E-state index >= 15 is 0 Å². The average molecular weight is 509 g/mol. The molecule has 4 rings (SSSR count). The van der Waals surface area contributed by atoms with E-state index < -0.39 is 0 Å². The van der Waals surface area contributed by atoms with E-state index in [9.17, 15) is 9.59 Å². The zero-order chi connectivity index (χ0) is 25.5. The summed E-state index contributed by atoms with van der Waals surface area (Å²) in [6, 6.07) is 15.4. The minimum Gasteiger partial charge on any atom is -0.427 e. The molecule has 36 heavy (non-hydrogen) atoms. The first kappa shape index (κ1) is 25.6. The Morgan fingerprint density at radius 1 is 1.17 bits per heavy atom. The maximum absolute atomic E-state index is 12.6. The van der Waals surface area contributed by atoms with E-state index in [-0.39, 0.29) is 23.1 Å². The van der Waals surface area contributed by atoms with Gasteiger partial charge in [-0.05, 0) is 55.4 Å². The molecule has 0 spiro atoms. The lowest BCUT2D eigenvalue weighted by Gasteiger charge is -2.34. The summed E-state index contributed by atoms with van der Waals surface area (Å²) in [5.74, 6) is 0.944. The van der Waals surface area contributed by atoms with Crippen LogP contribution in [-0.4, -0.2) is 67.0 Å². The number of anilines is 2. The summed E-state index contributed by atoms with van der Waals surface area (Å²) in [7, 11) is 2.15. The molecule has 0 aromatic heterocycles. The van der Waals surface area contributed by atoms with Crippen LogP contribution in [0.1, 0.15) is 12.5 Å². The number of nitrogens with two attached hydrogens (primary N) is 1. The number of carbonyl (C=O) groups excluding carboxylic acids is 2. The molecule has 10 heteroatoms. The number of ether oxygens (including phenoxy) is 1. The van der Waals surface area contributed by atoms with Crippen molar-refractivity contribution < 1.29 is 14.3 Å². The smallest absolute Gasteiger partial charge is 0.308 e. The summed E-state index contributed by atoms with van der Waals surface area (Å²) in [5, 5.41) is 5.81. The van der Waals surface area contributed by atoms with Gasteiger partial charge >= 0.3 is 5.97 Å². The fraction of sp³-hybridized carbons (Fsp3) is 0.346. The molecule has 1 amide bonds. The van der Waals surface area contributed by atoms with E-state index in [1.807, 2.05) is 24.3 Å². The lowest BCUT2D eigenvalue weighted by Crippen LogP contribution is -2.44. The van der Waals surface area contributed by atoms with Crippen LogP contribution in [0.3, 0.4) is 0 Å². The molecule has 2 aromatic rings. The van der Waals surface area contributed by atoms with Crippen LogP contribution in [0.4, 0.5) is 11.4 Å². The summed E-state index contributed by atoms with van der Waals surface area (Å²) >= 11 is 1.56. The highest BCUT2D eigenvalue weighted by Gasteiger charge is 2.25. The van der Waals surface area contributed by atoms with E-state index in [0.29, 0.717) is 23.6 Å². The Kier molecular flexibility index (Phi) is 8.50. The third-order valence-corrected chi connectivity index (χ3v) is 7.25. The third-order valence-electron chi connectivity index (χ3n) is 5.99. The van der Waals surface area contributed by atoms with Gasteiger partial charge in [0, 0.05) is 55.9 Å². The molecule has 2 saturated heterocycles. The highest BCUT2D eigenvalue weighted by molar-refractivity contribution is 8.00. The predicted octanol–water partition coefficient (Wildman–Crippen LogP) is 2.41. The molecular weight excluding hydrogens is 476 g/mol. The number of amides is 1. The molecule has 9 nitrogen and oxygen atoms in total. The van der Waals surface area contributed by atoms with Gasteiger partial charge in [-0.1, -0.05) is 12.1 Å². The number of nitrogens with zero attached hydrogens (tertiary/aromatic N) is 3. The number of nitrogens with one attached hydrogen (secondary N) is 2. The van der Waals surface area contributed by atoms with Crippen molar-refractivity contribution in [3.63, 3.8) is 0 Å². The number of hydrogen-bond donors (Lipinski definition) is 3. The topological polar surface area (TPSA) is 112 Å². The number of guanidine groups is 1. The van der Waals surface area contributed by atoms with Crippen molar-refractivity contribution in [3.8, 4) is 5.75 Å². The van der Waals surface area contributed by atoms with Crippen molar-refractivity contribution in [2.75, 3.05) is 49.2 Å². The monoisotopic (exact) mass is 508 g/mol. The van der Waals surface area contributed by atoms with Gasteiger partial charge in [-0.25, -0.2) is 4.99 Å². The van der Waals surface area contributed by atoms with Gasteiger partial charge in [0.25, 0.3) is 0 Å². The lowest BCUT2D eigenvalue weighted by atomic mass is 10.1. The van der Waals surface area contributed by atoms with Gasteiger partial charge in [-0.2, -0.15) is 0 Å². The second-order valence-corrected chi connectivity index (χ2v) is 10.1. The van der Waals surface area contributed by atoms with Crippen LogP contribution in [0.15, 0.2) is 65.4 Å². The van der Waals surface area contributed by atoms with E-state index in [1.54, 1.807) is 30.1 Å². The second kappa shape index (κ2) is 12.0. The van der Waals surface area contributed by atoms with Gasteiger partial charge in [-0.15, -0.1) is 11.8 Å². The van der Waals surface area contributed by atoms with Crippen LogP contribution in [0, 0.1) is 0 Å². The molecule has 2 heterocycles. The first-order valence-corrected chi connectivity index (χ1v) is 12.9. The number of aliphatic imine (C=N–C) groups is 1. The standard InChI is InChI=1S/C26H32N6O3S/c1-18(33)35-23-9-3-19(4-10-23)15-24-25(34)29-21(17-36-24)16-28-26(27)30-20-5-7-22(8-6-20)32-13-11-31(2)12-14-32/h3-10,16,24H,11-15,17H2,1-2H3,(H,29,34)(H3,27,28,30)/b21-16+. The van der Waals surface area contributed by atoms with E-state index in [4.69, 9.17) is 10.5 Å². The molecule has 1 atom stereocenters. The van der Waals surface area contributed by atoms with Crippen LogP contribution < -0.4 is 26.0 Å². The molecule has 0 radical (unpaired) electrons. The van der Waals surface area contributed by atoms with Gasteiger partial charge in [0.05, 0.1) is 11.4 Å². The van der Waals surface area contributed by atoms with Crippen LogP contribution >= 0.6 is 11.8 Å². The Labute approximate surface area is 215 Å². The number of benzene rings is 2. The predicted molar refractivity (Wildman–Crippen MR) is 145 cm³/mol. The quantitative estimate of drug-likeness (QED) is 0.236. The van der Waals surface area contributed by atoms with Gasteiger partial charge in [-0.3, -0.25) is 9.59 Å². The number of hydrogen-bond acceptors (Lipinski definition) is 7. The molecule has 2 aromatic carbocycles. The van der Waals surface area contributed by atoms with Crippen LogP contribution in [0.2, 0.25) is 0 Å². The van der Waals surface area contributed by atoms with Crippen molar-refractivity contribution in [3.05, 3.63) is 66.0 Å². The molecule has 0 aliphatic carbocycles. The Hall–Kier alpha value is -3.50. The number of esters is 1. The number of likely N-dealkylation sites (N-methyl/N-ethyl adjacent to an activating group) is 1. The maximum Gasteiger partial charge on any atom is 0.308 e. The molecule has 0 saturated carbocycles. The van der Waals surface area contributed by atoms with E-state index in [2.05, 4.69) is 44.6 Å². The lowest BCUT2D eigenvalue weighted by molar-refractivity contribution is -0.131. The third kappa shape index (κ3) is 7.25. The van der Waals surface area contributed by atoms with Gasteiger partial charge in [0.15, 0.2) is 5.96 Å². The van der Waals surface area contributed by atoms with Gasteiger partial charge < -0.3 is 30.9 Å². The molecule has 190 valence electrons. The second-order valence-electron chi connectivity index (χ2n) is 8.86. The normalized spacial score (nSPS) is 20.2. The van der Waals surface area contributed by atoms with Crippen LogP contribution in [-0.2, 0) is 16.0 Å². The van der Waals surface area contributed by atoms with Crippen LogP contribution in [0.5, 0.6) is 5.75 Å². The maximum atomic E-state index is 12.6. The average Bonchev–Trinajstić information content (AvgIpc) is 2.86. The van der Waals surface area contributed by atoms with Crippen LogP contribution in [0.25, 0.3) is 0 Å². The number of piperazine rings is 1. The first-order valence-electron chi connectivity index (χ1n) is 11.9. The molecule has 2 fully saturated rings. The van der Waals surface area contributed by atoms with Crippen molar-refractivity contribution in [2.24, 2.45) is 10.7 Å². The number of thioether (sulfide) groups is 1. The minimum atomic E-state index is -0.359. The van der Waals surface area contributed by atoms with Crippen molar-refractivity contribution >= 4 is 41.0 Å². The Morgan fingerprint density at radius 2 is 1.86 bits per heavy atom. The first-order chi connectivity index (χ1) is 17.4. The zero-order valence-electron chi connectivity index (χ0n) is 20.6. The number of carbonyl (C=O) groups is 2. The number of rotatable bonds is 6. The highest BCUT2D eigenvalue weighted by atomic mass is 32.2. The summed E-state index contributed by atoms with van der Waals surface area (Å²) < 4.78 is 5.05. The highest BCUT2D eigenvalue weighted by Crippen LogP contribution is 2.25. The molecule has 0 bridgehead atoms.